The molecule has 1 aromatic carbocycles. The molecule has 3 heteroatoms. The molecular weight excluding hydrogens is 248 g/mol. The van der Waals surface area contributed by atoms with E-state index in [1.165, 1.54) is 16.7 Å². The molecule has 0 fully saturated rings. The number of nitrogens with zero attached hydrogens (tertiary/aromatic N) is 1. The maximum atomic E-state index is 5.33. The molecule has 3 nitrogen and oxygen atoms in total. The summed E-state index contributed by atoms with van der Waals surface area (Å²) in [5.74, 6) is 0.910. The monoisotopic (exact) mass is 270 g/mol. The van der Waals surface area contributed by atoms with Gasteiger partial charge in [-0.2, -0.15) is 0 Å². The Bertz CT molecular complexity index is 526. The van der Waals surface area contributed by atoms with Crippen LogP contribution in [0, 0.1) is 0 Å². The molecule has 1 N–H and O–H groups in total. The second-order valence-corrected chi connectivity index (χ2v) is 4.85. The maximum Gasteiger partial charge on any atom is 0.119 e. The average molecular weight is 270 g/mol. The first-order valence-electron chi connectivity index (χ1n) is 7.09. The largest absolute Gasteiger partial charge is 0.497 e. The van der Waals surface area contributed by atoms with Crippen LogP contribution in [0.25, 0.3) is 0 Å². The Hall–Kier alpha value is -1.87. The zero-order valence-electron chi connectivity index (χ0n) is 12.2. The molecule has 1 aromatic heterocycles. The Morgan fingerprint density at radius 3 is 2.80 bits per heavy atom. The molecule has 2 aromatic rings. The van der Waals surface area contributed by atoms with Gasteiger partial charge in [0.2, 0.25) is 0 Å². The van der Waals surface area contributed by atoms with Crippen molar-refractivity contribution in [2.24, 2.45) is 0 Å². The highest BCUT2D eigenvalue weighted by Crippen LogP contribution is 2.20. The van der Waals surface area contributed by atoms with E-state index in [1.54, 1.807) is 13.3 Å². The highest BCUT2D eigenvalue weighted by Gasteiger charge is 2.05. The number of hydrogen-bond donors (Lipinski definition) is 1. The quantitative estimate of drug-likeness (QED) is 0.785. The fourth-order valence-electron chi connectivity index (χ4n) is 2.19. The van der Waals surface area contributed by atoms with Gasteiger partial charge in [-0.3, -0.25) is 4.98 Å². The summed E-state index contributed by atoms with van der Waals surface area (Å²) in [4.78, 5) is 4.18. The van der Waals surface area contributed by atoms with E-state index in [9.17, 15) is 0 Å². The summed E-state index contributed by atoms with van der Waals surface area (Å²) in [6.07, 6.45) is 5.78. The molecule has 0 radical (unpaired) electrons. The summed E-state index contributed by atoms with van der Waals surface area (Å²) in [6, 6.07) is 10.4. The van der Waals surface area contributed by atoms with E-state index >= 15 is 0 Å². The van der Waals surface area contributed by atoms with E-state index in [1.807, 2.05) is 18.3 Å². The third-order valence-corrected chi connectivity index (χ3v) is 3.27. The van der Waals surface area contributed by atoms with Gasteiger partial charge in [0.1, 0.15) is 5.75 Å². The molecule has 0 aliphatic heterocycles. The molecule has 0 saturated heterocycles. The van der Waals surface area contributed by atoms with Crippen molar-refractivity contribution < 1.29 is 4.74 Å². The third kappa shape index (κ3) is 4.07. The molecule has 0 amide bonds. The summed E-state index contributed by atoms with van der Waals surface area (Å²) in [6.45, 7) is 4.08. The highest BCUT2D eigenvalue weighted by atomic mass is 16.5. The van der Waals surface area contributed by atoms with Crippen LogP contribution in [0.2, 0.25) is 0 Å². The molecule has 2 rings (SSSR count). The number of ether oxygens (including phenoxy) is 1. The highest BCUT2D eigenvalue weighted by molar-refractivity contribution is 5.38. The minimum atomic E-state index is 0.876. The van der Waals surface area contributed by atoms with Crippen molar-refractivity contribution in [2.75, 3.05) is 13.7 Å². The van der Waals surface area contributed by atoms with E-state index in [4.69, 9.17) is 4.74 Å². The van der Waals surface area contributed by atoms with Gasteiger partial charge in [-0.1, -0.05) is 19.1 Å². The predicted octanol–water partition coefficient (Wildman–Crippen LogP) is 3.18. The first-order chi connectivity index (χ1) is 9.83. The van der Waals surface area contributed by atoms with Crippen LogP contribution in [-0.4, -0.2) is 18.6 Å². The molecule has 0 spiro atoms. The Morgan fingerprint density at radius 1 is 1.20 bits per heavy atom. The first kappa shape index (κ1) is 14.5. The van der Waals surface area contributed by atoms with Gasteiger partial charge in [-0.15, -0.1) is 0 Å². The SMILES string of the molecule is CCCNCc1cc(OC)ccc1Cc1cccnc1. The van der Waals surface area contributed by atoms with Gasteiger partial charge >= 0.3 is 0 Å². The molecule has 0 bridgehead atoms. The van der Waals surface area contributed by atoms with Gasteiger partial charge in [0.15, 0.2) is 0 Å². The van der Waals surface area contributed by atoms with Crippen LogP contribution in [0.4, 0.5) is 0 Å². The van der Waals surface area contributed by atoms with E-state index in [0.717, 1.165) is 31.7 Å². The van der Waals surface area contributed by atoms with Gasteiger partial charge in [0.25, 0.3) is 0 Å². The standard InChI is InChI=1S/C17H22N2O/c1-3-8-18-13-16-11-17(20-2)7-6-15(16)10-14-5-4-9-19-12-14/h4-7,9,11-12,18H,3,8,10,13H2,1-2H3. The summed E-state index contributed by atoms with van der Waals surface area (Å²) in [5, 5.41) is 3.46. The van der Waals surface area contributed by atoms with Crippen molar-refractivity contribution in [3.63, 3.8) is 0 Å². The molecular formula is C17H22N2O. The second kappa shape index (κ2) is 7.65. The smallest absolute Gasteiger partial charge is 0.119 e. The fraction of sp³-hybridized carbons (Fsp3) is 0.353. The number of aromatic nitrogens is 1. The van der Waals surface area contributed by atoms with Crippen molar-refractivity contribution in [2.45, 2.75) is 26.3 Å². The van der Waals surface area contributed by atoms with Crippen molar-refractivity contribution in [1.82, 2.24) is 10.3 Å². The van der Waals surface area contributed by atoms with Gasteiger partial charge in [0, 0.05) is 18.9 Å². The Morgan fingerprint density at radius 2 is 2.10 bits per heavy atom. The lowest BCUT2D eigenvalue weighted by molar-refractivity contribution is 0.414. The summed E-state index contributed by atoms with van der Waals surface area (Å²) in [7, 11) is 1.71. The van der Waals surface area contributed by atoms with Gasteiger partial charge in [-0.05, 0) is 54.3 Å². The van der Waals surface area contributed by atoms with Crippen LogP contribution >= 0.6 is 0 Å². The molecule has 0 atom stereocenters. The number of hydrogen-bond acceptors (Lipinski definition) is 3. The average Bonchev–Trinajstić information content (AvgIpc) is 2.50. The predicted molar refractivity (Wildman–Crippen MR) is 82.0 cm³/mol. The number of methoxy groups -OCH3 is 1. The zero-order valence-corrected chi connectivity index (χ0v) is 12.2. The van der Waals surface area contributed by atoms with Crippen LogP contribution in [0.5, 0.6) is 5.75 Å². The van der Waals surface area contributed by atoms with E-state index in [2.05, 4.69) is 35.4 Å². The van der Waals surface area contributed by atoms with Gasteiger partial charge < -0.3 is 10.1 Å². The van der Waals surface area contributed by atoms with Crippen molar-refractivity contribution in [3.05, 3.63) is 59.4 Å². The minimum absolute atomic E-state index is 0.876. The molecule has 106 valence electrons. The van der Waals surface area contributed by atoms with Crippen molar-refractivity contribution in [1.29, 1.82) is 0 Å². The Labute approximate surface area is 121 Å². The Kier molecular flexibility index (Phi) is 5.56. The fourth-order valence-corrected chi connectivity index (χ4v) is 2.19. The van der Waals surface area contributed by atoms with Crippen molar-refractivity contribution in [3.8, 4) is 5.75 Å². The molecule has 0 unspecified atom stereocenters. The molecule has 0 saturated carbocycles. The topological polar surface area (TPSA) is 34.1 Å². The third-order valence-electron chi connectivity index (χ3n) is 3.27. The Balaban J connectivity index is 2.17. The number of pyridine rings is 1. The van der Waals surface area contributed by atoms with Crippen LogP contribution in [0.15, 0.2) is 42.7 Å². The molecule has 0 aliphatic carbocycles. The normalized spacial score (nSPS) is 10.5. The summed E-state index contributed by atoms with van der Waals surface area (Å²) in [5.41, 5.74) is 3.85. The summed E-state index contributed by atoms with van der Waals surface area (Å²) < 4.78 is 5.33. The van der Waals surface area contributed by atoms with E-state index in [0.29, 0.717) is 0 Å². The molecule has 1 heterocycles. The van der Waals surface area contributed by atoms with Crippen LogP contribution in [0.3, 0.4) is 0 Å². The van der Waals surface area contributed by atoms with Gasteiger partial charge in [0.05, 0.1) is 7.11 Å². The van der Waals surface area contributed by atoms with Crippen LogP contribution < -0.4 is 10.1 Å². The number of rotatable bonds is 7. The van der Waals surface area contributed by atoms with Crippen molar-refractivity contribution >= 4 is 0 Å². The minimum Gasteiger partial charge on any atom is -0.497 e. The summed E-state index contributed by atoms with van der Waals surface area (Å²) >= 11 is 0. The lowest BCUT2D eigenvalue weighted by Crippen LogP contribution is -2.15. The molecule has 0 aliphatic rings. The lowest BCUT2D eigenvalue weighted by atomic mass is 10.0. The first-order valence-corrected chi connectivity index (χ1v) is 7.09. The second-order valence-electron chi connectivity index (χ2n) is 4.85. The zero-order chi connectivity index (χ0) is 14.2. The number of nitrogens with one attached hydrogen (secondary N) is 1. The lowest BCUT2D eigenvalue weighted by Gasteiger charge is -2.12. The van der Waals surface area contributed by atoms with Crippen LogP contribution in [0.1, 0.15) is 30.0 Å². The van der Waals surface area contributed by atoms with E-state index in [-0.39, 0.29) is 0 Å². The van der Waals surface area contributed by atoms with E-state index < -0.39 is 0 Å². The molecule has 20 heavy (non-hydrogen) atoms. The maximum absolute atomic E-state index is 5.33. The number of benzene rings is 1. The van der Waals surface area contributed by atoms with Gasteiger partial charge in [-0.25, -0.2) is 0 Å². The van der Waals surface area contributed by atoms with Crippen LogP contribution in [-0.2, 0) is 13.0 Å².